The zero-order chi connectivity index (χ0) is 10.8. The molecule has 86 valence electrons. The Morgan fingerprint density at radius 2 is 1.93 bits per heavy atom. The predicted molar refractivity (Wildman–Crippen MR) is 62.9 cm³/mol. The van der Waals surface area contributed by atoms with Crippen molar-refractivity contribution in [2.24, 2.45) is 10.7 Å². The highest BCUT2D eigenvalue weighted by molar-refractivity contribution is 5.77. The van der Waals surface area contributed by atoms with E-state index in [-0.39, 0.29) is 0 Å². The molecule has 2 aliphatic rings. The highest BCUT2D eigenvalue weighted by Gasteiger charge is 2.35. The second-order valence-electron chi connectivity index (χ2n) is 4.83. The Morgan fingerprint density at radius 3 is 2.47 bits per heavy atom. The molecule has 2 aliphatic heterocycles. The molecule has 2 unspecified atom stereocenters. The minimum absolute atomic E-state index is 0.528. The fourth-order valence-electron chi connectivity index (χ4n) is 3.01. The topological polar surface area (TPSA) is 53.6 Å². The van der Waals surface area contributed by atoms with E-state index in [9.17, 15) is 0 Å². The lowest BCUT2D eigenvalue weighted by Gasteiger charge is -2.47. The summed E-state index contributed by atoms with van der Waals surface area (Å²) in [5.74, 6) is 0.586. The summed E-state index contributed by atoms with van der Waals surface area (Å²) in [6, 6.07) is 2.03. The number of nitrogens with one attached hydrogen (secondary N) is 1. The quantitative estimate of drug-likeness (QED) is 0.490. The maximum Gasteiger partial charge on any atom is 0.188 e. The highest BCUT2D eigenvalue weighted by Crippen LogP contribution is 2.32. The molecule has 0 aliphatic carbocycles. The van der Waals surface area contributed by atoms with Crippen LogP contribution >= 0.6 is 0 Å². The fourth-order valence-corrected chi connectivity index (χ4v) is 3.01. The van der Waals surface area contributed by atoms with Crippen LogP contribution in [0.25, 0.3) is 0 Å². The second kappa shape index (κ2) is 4.39. The van der Waals surface area contributed by atoms with E-state index in [1.54, 1.807) is 7.05 Å². The van der Waals surface area contributed by atoms with Crippen LogP contribution in [0, 0.1) is 0 Å². The third-order valence-corrected chi connectivity index (χ3v) is 3.93. The maximum atomic E-state index is 5.71. The van der Waals surface area contributed by atoms with Crippen LogP contribution < -0.4 is 11.1 Å². The summed E-state index contributed by atoms with van der Waals surface area (Å²) in [5.41, 5.74) is 5.71. The lowest BCUT2D eigenvalue weighted by molar-refractivity contribution is 0.0528. The van der Waals surface area contributed by atoms with Gasteiger partial charge >= 0.3 is 0 Å². The molecule has 0 spiro atoms. The summed E-state index contributed by atoms with van der Waals surface area (Å²) >= 11 is 0. The molecule has 0 aromatic carbocycles. The highest BCUT2D eigenvalue weighted by atomic mass is 15.2. The molecule has 0 radical (unpaired) electrons. The third kappa shape index (κ3) is 2.25. The summed E-state index contributed by atoms with van der Waals surface area (Å²) in [7, 11) is 4.00. The van der Waals surface area contributed by atoms with Crippen LogP contribution in [0.4, 0.5) is 0 Å². The number of aliphatic imine (C=N–C) groups is 1. The number of rotatable bonds is 1. The van der Waals surface area contributed by atoms with E-state index in [2.05, 4.69) is 22.3 Å². The van der Waals surface area contributed by atoms with Gasteiger partial charge in [-0.2, -0.15) is 0 Å². The van der Waals surface area contributed by atoms with Crippen molar-refractivity contribution < 1.29 is 0 Å². The number of hydrogen-bond acceptors (Lipinski definition) is 2. The minimum atomic E-state index is 0.528. The van der Waals surface area contributed by atoms with Gasteiger partial charge < -0.3 is 16.0 Å². The van der Waals surface area contributed by atoms with E-state index in [0.29, 0.717) is 12.0 Å². The van der Waals surface area contributed by atoms with Gasteiger partial charge in [-0.1, -0.05) is 6.42 Å². The molecule has 2 rings (SSSR count). The smallest absolute Gasteiger partial charge is 0.188 e. The van der Waals surface area contributed by atoms with E-state index in [0.717, 1.165) is 12.1 Å². The zero-order valence-electron chi connectivity index (χ0n) is 9.74. The van der Waals surface area contributed by atoms with Crippen molar-refractivity contribution in [1.29, 1.82) is 0 Å². The van der Waals surface area contributed by atoms with E-state index in [1.807, 2.05) is 0 Å². The maximum absolute atomic E-state index is 5.71. The number of piperidine rings is 2. The van der Waals surface area contributed by atoms with Gasteiger partial charge in [0, 0.05) is 25.2 Å². The Balaban J connectivity index is 1.95. The van der Waals surface area contributed by atoms with Crippen LogP contribution in [-0.4, -0.2) is 43.1 Å². The molecule has 0 aromatic rings. The van der Waals surface area contributed by atoms with Crippen molar-refractivity contribution in [3.8, 4) is 0 Å². The van der Waals surface area contributed by atoms with Crippen LogP contribution in [0.1, 0.15) is 32.1 Å². The molecule has 2 saturated heterocycles. The Morgan fingerprint density at radius 1 is 1.33 bits per heavy atom. The summed E-state index contributed by atoms with van der Waals surface area (Å²) < 4.78 is 0. The van der Waals surface area contributed by atoms with Gasteiger partial charge in [0.05, 0.1) is 0 Å². The first-order chi connectivity index (χ1) is 7.20. The Hall–Kier alpha value is -0.770. The zero-order valence-corrected chi connectivity index (χ0v) is 9.74. The van der Waals surface area contributed by atoms with Gasteiger partial charge in [0.1, 0.15) is 0 Å². The molecule has 2 atom stereocenters. The first kappa shape index (κ1) is 10.7. The second-order valence-corrected chi connectivity index (χ2v) is 4.83. The largest absolute Gasteiger partial charge is 0.370 e. The van der Waals surface area contributed by atoms with Crippen molar-refractivity contribution in [3.05, 3.63) is 0 Å². The molecule has 4 nitrogen and oxygen atoms in total. The number of nitrogens with zero attached hydrogens (tertiary/aromatic N) is 2. The predicted octanol–water partition coefficient (Wildman–Crippen LogP) is 0.536. The molecule has 2 fully saturated rings. The van der Waals surface area contributed by atoms with Crippen molar-refractivity contribution >= 4 is 5.96 Å². The fraction of sp³-hybridized carbons (Fsp3) is 0.909. The monoisotopic (exact) mass is 210 g/mol. The average molecular weight is 210 g/mol. The molecule has 2 bridgehead atoms. The van der Waals surface area contributed by atoms with E-state index in [1.165, 1.54) is 32.1 Å². The van der Waals surface area contributed by atoms with Gasteiger partial charge in [-0.15, -0.1) is 0 Å². The first-order valence-electron chi connectivity index (χ1n) is 5.91. The minimum Gasteiger partial charge on any atom is -0.370 e. The van der Waals surface area contributed by atoms with Crippen LogP contribution in [0.3, 0.4) is 0 Å². The Kier molecular flexibility index (Phi) is 3.14. The normalized spacial score (nSPS) is 37.7. The van der Waals surface area contributed by atoms with Crippen LogP contribution in [-0.2, 0) is 0 Å². The van der Waals surface area contributed by atoms with Crippen molar-refractivity contribution in [1.82, 2.24) is 10.2 Å². The molecule has 0 amide bonds. The first-order valence-corrected chi connectivity index (χ1v) is 5.91. The summed E-state index contributed by atoms with van der Waals surface area (Å²) in [6.45, 7) is 0. The van der Waals surface area contributed by atoms with Crippen molar-refractivity contribution in [2.45, 2.75) is 50.2 Å². The van der Waals surface area contributed by atoms with E-state index in [4.69, 9.17) is 5.73 Å². The average Bonchev–Trinajstić information content (AvgIpc) is 2.19. The molecule has 0 saturated carbocycles. The number of nitrogens with two attached hydrogens (primary N) is 1. The van der Waals surface area contributed by atoms with Gasteiger partial charge in [0.2, 0.25) is 0 Å². The summed E-state index contributed by atoms with van der Waals surface area (Å²) in [6.07, 6.45) is 6.50. The summed E-state index contributed by atoms with van der Waals surface area (Å²) in [4.78, 5) is 6.52. The van der Waals surface area contributed by atoms with E-state index < -0.39 is 0 Å². The van der Waals surface area contributed by atoms with Gasteiger partial charge in [0.25, 0.3) is 0 Å². The van der Waals surface area contributed by atoms with Crippen LogP contribution in [0.5, 0.6) is 0 Å². The lowest BCUT2D eigenvalue weighted by Crippen LogP contribution is -2.56. The molecular formula is C11H22N4. The Bertz CT molecular complexity index is 237. The SMILES string of the molecule is CN=C(N)NC1CC2CCCC(C1)N2C. The van der Waals surface area contributed by atoms with E-state index >= 15 is 0 Å². The molecular weight excluding hydrogens is 188 g/mol. The van der Waals surface area contributed by atoms with Gasteiger partial charge in [-0.3, -0.25) is 4.99 Å². The van der Waals surface area contributed by atoms with Gasteiger partial charge in [-0.25, -0.2) is 0 Å². The molecule has 4 heteroatoms. The number of hydrogen-bond donors (Lipinski definition) is 2. The molecule has 0 aromatic heterocycles. The Labute approximate surface area is 91.9 Å². The standard InChI is InChI=1S/C11H22N4/c1-13-11(12)14-8-6-9-4-3-5-10(7-8)15(9)2/h8-10H,3-7H2,1-2H3,(H3,12,13,14). The van der Waals surface area contributed by atoms with Crippen molar-refractivity contribution in [3.63, 3.8) is 0 Å². The van der Waals surface area contributed by atoms with Crippen LogP contribution in [0.2, 0.25) is 0 Å². The summed E-state index contributed by atoms with van der Waals surface area (Å²) in [5, 5.41) is 3.32. The molecule has 15 heavy (non-hydrogen) atoms. The third-order valence-electron chi connectivity index (χ3n) is 3.93. The van der Waals surface area contributed by atoms with Crippen LogP contribution in [0.15, 0.2) is 4.99 Å². The number of guanidine groups is 1. The lowest BCUT2D eigenvalue weighted by atomic mass is 9.82. The van der Waals surface area contributed by atoms with Gasteiger partial charge in [0.15, 0.2) is 5.96 Å². The number of fused-ring (bicyclic) bond motifs is 2. The molecule has 3 N–H and O–H groups in total. The molecule has 2 heterocycles. The van der Waals surface area contributed by atoms with Gasteiger partial charge in [-0.05, 0) is 32.7 Å². The van der Waals surface area contributed by atoms with Crippen molar-refractivity contribution in [2.75, 3.05) is 14.1 Å².